The van der Waals surface area contributed by atoms with Crippen LogP contribution in [0.4, 0.5) is 0 Å². The molecule has 0 saturated heterocycles. The molecule has 6 atom stereocenters. The van der Waals surface area contributed by atoms with E-state index >= 15 is 0 Å². The fraction of sp³-hybridized carbons (Fsp3) is 0.839. The van der Waals surface area contributed by atoms with Crippen molar-refractivity contribution in [3.8, 4) is 0 Å². The van der Waals surface area contributed by atoms with Gasteiger partial charge in [0.2, 0.25) is 0 Å². The molecule has 4 aliphatic carbocycles. The number of allylic oxidation sites excluding steroid dienone is 2. The van der Waals surface area contributed by atoms with Gasteiger partial charge in [-0.1, -0.05) is 91.0 Å². The van der Waals surface area contributed by atoms with E-state index in [1.807, 2.05) is 17.4 Å². The first-order valence-corrected chi connectivity index (χ1v) is 14.1. The smallest absolute Gasteiger partial charge is 0.127 e. The number of nitrogens with zero attached hydrogens (tertiary/aromatic N) is 1. The molecule has 5 rings (SSSR count). The maximum atomic E-state index is 5.52. The Morgan fingerprint density at radius 2 is 1.73 bits per heavy atom. The fourth-order valence-corrected chi connectivity index (χ4v) is 9.98. The zero-order valence-electron chi connectivity index (χ0n) is 22.8. The molecule has 1 saturated carbocycles. The van der Waals surface area contributed by atoms with Gasteiger partial charge in [0.05, 0.1) is 5.69 Å². The average Bonchev–Trinajstić information content (AvgIpc) is 3.30. The van der Waals surface area contributed by atoms with Crippen LogP contribution in [0.2, 0.25) is 0 Å². The molecular formula is C31H49NO. The minimum absolute atomic E-state index is 0.0959. The first kappa shape index (κ1) is 23.7. The third-order valence-corrected chi connectivity index (χ3v) is 11.9. The maximum Gasteiger partial charge on any atom is 0.127 e. The van der Waals surface area contributed by atoms with Gasteiger partial charge < -0.3 is 4.52 Å². The van der Waals surface area contributed by atoms with E-state index in [9.17, 15) is 0 Å². The molecule has 4 aliphatic rings. The van der Waals surface area contributed by atoms with Crippen molar-refractivity contribution in [2.45, 2.75) is 125 Å². The van der Waals surface area contributed by atoms with Crippen molar-refractivity contribution in [2.24, 2.45) is 39.9 Å². The van der Waals surface area contributed by atoms with Crippen molar-refractivity contribution in [1.82, 2.24) is 5.16 Å². The molecule has 33 heavy (non-hydrogen) atoms. The van der Waals surface area contributed by atoms with Crippen molar-refractivity contribution in [1.29, 1.82) is 0 Å². The van der Waals surface area contributed by atoms with Gasteiger partial charge >= 0.3 is 0 Å². The number of fused-ring (bicyclic) bond motifs is 5. The SMILES string of the molecule is CC(C)CCC[C@@H](C)[C@H]1CC[C@@]2(C)C3=C(CC[C@]12C)[C@@]1(C)Cc2conc2C(C)(C)[C@@H]1CC3. The van der Waals surface area contributed by atoms with Gasteiger partial charge in [0.1, 0.15) is 6.26 Å². The molecule has 1 heterocycles. The summed E-state index contributed by atoms with van der Waals surface area (Å²) in [6, 6.07) is 0. The van der Waals surface area contributed by atoms with Gasteiger partial charge in [-0.15, -0.1) is 0 Å². The highest BCUT2D eigenvalue weighted by Crippen LogP contribution is 2.72. The minimum Gasteiger partial charge on any atom is -0.364 e. The van der Waals surface area contributed by atoms with E-state index in [0.717, 1.165) is 24.2 Å². The monoisotopic (exact) mass is 451 g/mol. The third kappa shape index (κ3) is 3.21. The summed E-state index contributed by atoms with van der Waals surface area (Å²) in [5, 5.41) is 4.49. The van der Waals surface area contributed by atoms with Crippen molar-refractivity contribution >= 4 is 0 Å². The molecule has 0 bridgehead atoms. The van der Waals surface area contributed by atoms with E-state index in [1.54, 1.807) is 0 Å². The molecule has 2 heteroatoms. The predicted octanol–water partition coefficient (Wildman–Crippen LogP) is 8.90. The Morgan fingerprint density at radius 3 is 2.45 bits per heavy atom. The molecule has 0 N–H and O–H groups in total. The van der Waals surface area contributed by atoms with Gasteiger partial charge in [0.15, 0.2) is 0 Å². The quantitative estimate of drug-likeness (QED) is 0.418. The summed E-state index contributed by atoms with van der Waals surface area (Å²) in [6.07, 6.45) is 15.5. The van der Waals surface area contributed by atoms with Gasteiger partial charge in [0.25, 0.3) is 0 Å². The van der Waals surface area contributed by atoms with Gasteiger partial charge in [-0.05, 0) is 84.9 Å². The van der Waals surface area contributed by atoms with Crippen LogP contribution in [0.15, 0.2) is 21.9 Å². The predicted molar refractivity (Wildman–Crippen MR) is 137 cm³/mol. The van der Waals surface area contributed by atoms with Gasteiger partial charge in [0, 0.05) is 11.0 Å². The lowest BCUT2D eigenvalue weighted by molar-refractivity contribution is 0.0135. The minimum atomic E-state index is 0.0959. The topological polar surface area (TPSA) is 26.0 Å². The van der Waals surface area contributed by atoms with Crippen LogP contribution in [0, 0.1) is 39.9 Å². The molecule has 0 aromatic carbocycles. The van der Waals surface area contributed by atoms with E-state index in [-0.39, 0.29) is 10.8 Å². The highest BCUT2D eigenvalue weighted by Gasteiger charge is 2.63. The second kappa shape index (κ2) is 7.72. The van der Waals surface area contributed by atoms with Gasteiger partial charge in [-0.3, -0.25) is 0 Å². The molecule has 0 aliphatic heterocycles. The summed E-state index contributed by atoms with van der Waals surface area (Å²) >= 11 is 0. The van der Waals surface area contributed by atoms with E-state index in [0.29, 0.717) is 16.7 Å². The maximum absolute atomic E-state index is 5.52. The lowest BCUT2D eigenvalue weighted by Crippen LogP contribution is -2.53. The standard InChI is InChI=1S/C31H49NO/c1-20(2)10-9-11-21(3)23-14-16-31(8)25-12-13-26-28(4,5)27-22(19-33-32-27)18-29(26,6)24(25)15-17-30(23,31)7/h19-21,23,26H,9-18H2,1-8H3/t21-,23-,26+,29-,30-,31+/m1/s1. The van der Waals surface area contributed by atoms with Crippen LogP contribution >= 0.6 is 0 Å². The molecule has 1 aromatic rings. The Bertz CT molecular complexity index is 936. The first-order valence-electron chi connectivity index (χ1n) is 14.1. The molecule has 0 radical (unpaired) electrons. The van der Waals surface area contributed by atoms with Crippen LogP contribution in [-0.2, 0) is 11.8 Å². The van der Waals surface area contributed by atoms with E-state index < -0.39 is 0 Å². The molecule has 184 valence electrons. The number of rotatable bonds is 5. The van der Waals surface area contributed by atoms with Gasteiger partial charge in [-0.2, -0.15) is 0 Å². The molecule has 0 spiro atoms. The summed E-state index contributed by atoms with van der Waals surface area (Å²) in [5.74, 6) is 3.26. The summed E-state index contributed by atoms with van der Waals surface area (Å²) in [5.41, 5.74) is 7.57. The van der Waals surface area contributed by atoms with E-state index in [1.165, 1.54) is 69.0 Å². The zero-order chi connectivity index (χ0) is 23.8. The Labute approximate surface area is 203 Å². The lowest BCUT2D eigenvalue weighted by atomic mass is 9.43. The summed E-state index contributed by atoms with van der Waals surface area (Å²) in [6.45, 7) is 20.2. The van der Waals surface area contributed by atoms with Crippen LogP contribution in [0.3, 0.4) is 0 Å². The van der Waals surface area contributed by atoms with Crippen molar-refractivity contribution in [3.63, 3.8) is 0 Å². The van der Waals surface area contributed by atoms with E-state index in [4.69, 9.17) is 4.52 Å². The Kier molecular flexibility index (Phi) is 5.54. The Balaban J connectivity index is 1.48. The third-order valence-electron chi connectivity index (χ3n) is 11.9. The van der Waals surface area contributed by atoms with E-state index in [2.05, 4.69) is 60.5 Å². The van der Waals surface area contributed by atoms with Crippen LogP contribution in [0.1, 0.15) is 124 Å². The summed E-state index contributed by atoms with van der Waals surface area (Å²) in [7, 11) is 0. The van der Waals surface area contributed by atoms with Crippen molar-refractivity contribution in [3.05, 3.63) is 28.7 Å². The number of hydrogen-bond acceptors (Lipinski definition) is 2. The number of hydrogen-bond donors (Lipinski definition) is 0. The van der Waals surface area contributed by atoms with Crippen LogP contribution in [-0.4, -0.2) is 5.16 Å². The highest BCUT2D eigenvalue weighted by atomic mass is 16.5. The molecule has 2 nitrogen and oxygen atoms in total. The largest absolute Gasteiger partial charge is 0.364 e. The molecule has 0 unspecified atom stereocenters. The normalized spacial score (nSPS) is 40.3. The second-order valence-electron chi connectivity index (χ2n) is 14.2. The fourth-order valence-electron chi connectivity index (χ4n) is 9.98. The molecular weight excluding hydrogens is 402 g/mol. The first-order chi connectivity index (χ1) is 15.4. The summed E-state index contributed by atoms with van der Waals surface area (Å²) in [4.78, 5) is 0. The lowest BCUT2D eigenvalue weighted by Gasteiger charge is -2.60. The Hall–Kier alpha value is -1.05. The van der Waals surface area contributed by atoms with Crippen molar-refractivity contribution in [2.75, 3.05) is 0 Å². The molecule has 0 amide bonds. The molecule has 1 fully saturated rings. The molecule has 1 aromatic heterocycles. The van der Waals surface area contributed by atoms with Crippen LogP contribution in [0.5, 0.6) is 0 Å². The zero-order valence-corrected chi connectivity index (χ0v) is 22.8. The Morgan fingerprint density at radius 1 is 0.970 bits per heavy atom. The second-order valence-corrected chi connectivity index (χ2v) is 14.2. The van der Waals surface area contributed by atoms with Crippen LogP contribution in [0.25, 0.3) is 0 Å². The van der Waals surface area contributed by atoms with Gasteiger partial charge in [-0.25, -0.2) is 0 Å². The van der Waals surface area contributed by atoms with Crippen molar-refractivity contribution < 1.29 is 4.52 Å². The number of aromatic nitrogens is 1. The summed E-state index contributed by atoms with van der Waals surface area (Å²) < 4.78 is 5.52. The van der Waals surface area contributed by atoms with Crippen LogP contribution < -0.4 is 0 Å². The highest BCUT2D eigenvalue weighted by molar-refractivity contribution is 5.43. The average molecular weight is 452 g/mol.